The van der Waals surface area contributed by atoms with E-state index in [4.69, 9.17) is 9.62 Å². The standard InChI is InChI=1S/C11H22O5/c1-6-7-8-9(2)13-10(12)14-16-15-11(3,4)5/h9H,6-8H2,1-5H3. The first-order valence-corrected chi connectivity index (χ1v) is 5.58. The fraction of sp³-hybridized carbons (Fsp3) is 0.909. The van der Waals surface area contributed by atoms with Crippen molar-refractivity contribution in [2.75, 3.05) is 0 Å². The summed E-state index contributed by atoms with van der Waals surface area (Å²) in [5.74, 6) is 0. The van der Waals surface area contributed by atoms with Crippen LogP contribution in [0.3, 0.4) is 0 Å². The topological polar surface area (TPSA) is 54.0 Å². The van der Waals surface area contributed by atoms with Gasteiger partial charge < -0.3 is 4.74 Å². The first-order valence-electron chi connectivity index (χ1n) is 5.58. The maximum atomic E-state index is 11.1. The second-order valence-corrected chi connectivity index (χ2v) is 4.67. The minimum Gasteiger partial charge on any atom is -0.429 e. The lowest BCUT2D eigenvalue weighted by Crippen LogP contribution is -2.22. The fourth-order valence-electron chi connectivity index (χ4n) is 0.881. The molecular weight excluding hydrogens is 212 g/mol. The van der Waals surface area contributed by atoms with Crippen LogP contribution in [0.25, 0.3) is 0 Å². The number of hydrogen-bond donors (Lipinski definition) is 0. The summed E-state index contributed by atoms with van der Waals surface area (Å²) in [6, 6.07) is 0. The highest BCUT2D eigenvalue weighted by Crippen LogP contribution is 2.09. The van der Waals surface area contributed by atoms with Crippen molar-refractivity contribution in [1.82, 2.24) is 0 Å². The molecule has 16 heavy (non-hydrogen) atoms. The summed E-state index contributed by atoms with van der Waals surface area (Å²) in [4.78, 5) is 20.1. The third-order valence-electron chi connectivity index (χ3n) is 1.65. The van der Waals surface area contributed by atoms with Gasteiger partial charge in [0, 0.05) is 0 Å². The minimum absolute atomic E-state index is 0.175. The van der Waals surface area contributed by atoms with Crippen molar-refractivity contribution in [1.29, 1.82) is 0 Å². The highest BCUT2D eigenvalue weighted by Gasteiger charge is 2.16. The van der Waals surface area contributed by atoms with E-state index in [-0.39, 0.29) is 6.10 Å². The normalized spacial score (nSPS) is 13.3. The third kappa shape index (κ3) is 9.73. The molecule has 5 nitrogen and oxygen atoms in total. The van der Waals surface area contributed by atoms with Crippen LogP contribution in [0.2, 0.25) is 0 Å². The van der Waals surface area contributed by atoms with Gasteiger partial charge in [-0.05, 0) is 39.2 Å². The molecule has 0 heterocycles. The van der Waals surface area contributed by atoms with Crippen molar-refractivity contribution in [3.63, 3.8) is 0 Å². The molecule has 0 aromatic rings. The predicted molar refractivity (Wildman–Crippen MR) is 58.5 cm³/mol. The van der Waals surface area contributed by atoms with Crippen LogP contribution >= 0.6 is 0 Å². The fourth-order valence-corrected chi connectivity index (χ4v) is 0.881. The lowest BCUT2D eigenvalue weighted by atomic mass is 10.2. The van der Waals surface area contributed by atoms with Crippen LogP contribution < -0.4 is 0 Å². The predicted octanol–water partition coefficient (Wildman–Crippen LogP) is 3.38. The summed E-state index contributed by atoms with van der Waals surface area (Å²) in [6.45, 7) is 9.19. The molecule has 0 rings (SSSR count). The number of ether oxygens (including phenoxy) is 1. The zero-order chi connectivity index (χ0) is 12.6. The van der Waals surface area contributed by atoms with Gasteiger partial charge in [-0.25, -0.2) is 9.68 Å². The summed E-state index contributed by atoms with van der Waals surface area (Å²) in [5, 5.41) is 4.29. The van der Waals surface area contributed by atoms with Crippen LogP contribution in [0.4, 0.5) is 4.79 Å². The molecule has 5 heteroatoms. The van der Waals surface area contributed by atoms with E-state index in [1.54, 1.807) is 20.8 Å². The SMILES string of the molecule is CCCCC(C)OC(=O)OOOC(C)(C)C. The van der Waals surface area contributed by atoms with Crippen molar-refractivity contribution < 1.29 is 24.3 Å². The zero-order valence-corrected chi connectivity index (χ0v) is 10.7. The van der Waals surface area contributed by atoms with Gasteiger partial charge in [0.25, 0.3) is 0 Å². The Hall–Kier alpha value is -0.810. The van der Waals surface area contributed by atoms with Crippen LogP contribution in [0.1, 0.15) is 53.9 Å². The highest BCUT2D eigenvalue weighted by molar-refractivity contribution is 5.59. The van der Waals surface area contributed by atoms with E-state index in [1.807, 2.05) is 6.92 Å². The molecule has 0 amide bonds. The molecule has 0 aromatic carbocycles. The lowest BCUT2D eigenvalue weighted by molar-refractivity contribution is -0.515. The van der Waals surface area contributed by atoms with E-state index in [9.17, 15) is 4.79 Å². The second kappa shape index (κ2) is 7.46. The van der Waals surface area contributed by atoms with E-state index >= 15 is 0 Å². The van der Waals surface area contributed by atoms with Crippen molar-refractivity contribution >= 4 is 6.16 Å². The van der Waals surface area contributed by atoms with Gasteiger partial charge in [-0.15, -0.1) is 0 Å². The molecule has 96 valence electrons. The Morgan fingerprint density at radius 1 is 1.31 bits per heavy atom. The molecule has 0 radical (unpaired) electrons. The number of unbranched alkanes of at least 4 members (excludes halogenated alkanes) is 1. The maximum Gasteiger partial charge on any atom is 0.542 e. The number of carbonyl (C=O) groups excluding carboxylic acids is 1. The van der Waals surface area contributed by atoms with E-state index in [0.717, 1.165) is 19.3 Å². The summed E-state index contributed by atoms with van der Waals surface area (Å²) >= 11 is 0. The number of carbonyl (C=O) groups is 1. The molecule has 0 aliphatic rings. The van der Waals surface area contributed by atoms with Gasteiger partial charge in [-0.3, -0.25) is 0 Å². The van der Waals surface area contributed by atoms with Gasteiger partial charge in [-0.1, -0.05) is 19.8 Å². The van der Waals surface area contributed by atoms with Crippen LogP contribution in [-0.4, -0.2) is 17.9 Å². The van der Waals surface area contributed by atoms with E-state index in [1.165, 1.54) is 0 Å². The average molecular weight is 234 g/mol. The summed E-state index contributed by atoms with van der Waals surface area (Å²) in [5.41, 5.74) is -0.534. The second-order valence-electron chi connectivity index (χ2n) is 4.67. The van der Waals surface area contributed by atoms with Crippen molar-refractivity contribution in [3.05, 3.63) is 0 Å². The molecule has 0 saturated carbocycles. The average Bonchev–Trinajstić information content (AvgIpc) is 2.12. The molecule has 1 atom stereocenters. The van der Waals surface area contributed by atoms with Gasteiger partial charge in [0.2, 0.25) is 0 Å². The molecule has 0 N–H and O–H groups in total. The molecule has 0 aliphatic heterocycles. The van der Waals surface area contributed by atoms with E-state index in [2.05, 4.69) is 16.8 Å². The largest absolute Gasteiger partial charge is 0.542 e. The Balaban J connectivity index is 3.58. The Labute approximate surface area is 96.9 Å². The summed E-state index contributed by atoms with van der Waals surface area (Å²) in [6.07, 6.45) is 1.82. The summed E-state index contributed by atoms with van der Waals surface area (Å²) in [7, 11) is 0. The minimum atomic E-state index is -0.882. The van der Waals surface area contributed by atoms with Crippen LogP contribution in [0.5, 0.6) is 0 Å². The van der Waals surface area contributed by atoms with Crippen LogP contribution in [-0.2, 0) is 19.6 Å². The molecular formula is C11H22O5. The molecule has 1 unspecified atom stereocenters. The quantitative estimate of drug-likeness (QED) is 0.400. The van der Waals surface area contributed by atoms with Gasteiger partial charge in [-0.2, -0.15) is 4.89 Å². The van der Waals surface area contributed by atoms with Crippen molar-refractivity contribution in [2.45, 2.75) is 65.6 Å². The molecule has 0 fully saturated rings. The third-order valence-corrected chi connectivity index (χ3v) is 1.65. The summed E-state index contributed by atoms with van der Waals surface area (Å²) < 4.78 is 4.90. The Morgan fingerprint density at radius 3 is 2.44 bits per heavy atom. The van der Waals surface area contributed by atoms with Crippen molar-refractivity contribution in [3.8, 4) is 0 Å². The highest BCUT2D eigenvalue weighted by atomic mass is 17.5. The smallest absolute Gasteiger partial charge is 0.429 e. The molecule has 0 aliphatic carbocycles. The molecule has 0 aromatic heterocycles. The van der Waals surface area contributed by atoms with E-state index < -0.39 is 11.8 Å². The van der Waals surface area contributed by atoms with E-state index in [0.29, 0.717) is 0 Å². The number of hydrogen-bond acceptors (Lipinski definition) is 5. The first kappa shape index (κ1) is 15.2. The monoisotopic (exact) mass is 234 g/mol. The lowest BCUT2D eigenvalue weighted by Gasteiger charge is -2.16. The number of rotatable bonds is 6. The zero-order valence-electron chi connectivity index (χ0n) is 10.7. The maximum absolute atomic E-state index is 11.1. The molecule has 0 saturated heterocycles. The van der Waals surface area contributed by atoms with Crippen LogP contribution in [0.15, 0.2) is 0 Å². The van der Waals surface area contributed by atoms with Gasteiger partial charge >= 0.3 is 6.16 Å². The Morgan fingerprint density at radius 2 is 1.94 bits per heavy atom. The first-order chi connectivity index (χ1) is 7.35. The van der Waals surface area contributed by atoms with Gasteiger partial charge in [0.1, 0.15) is 6.10 Å². The van der Waals surface area contributed by atoms with Crippen molar-refractivity contribution in [2.24, 2.45) is 0 Å². The van der Waals surface area contributed by atoms with Gasteiger partial charge in [0.05, 0.1) is 5.60 Å². The Bertz CT molecular complexity index is 197. The van der Waals surface area contributed by atoms with Crippen LogP contribution in [0, 0.1) is 0 Å². The molecule has 0 bridgehead atoms. The van der Waals surface area contributed by atoms with Gasteiger partial charge in [0.15, 0.2) is 0 Å². The Kier molecular flexibility index (Phi) is 7.08. The molecule has 0 spiro atoms.